The molecule has 1 atom stereocenters. The number of anilines is 1. The van der Waals surface area contributed by atoms with Crippen LogP contribution in [0.15, 0.2) is 78.4 Å². The number of carbonyl (C=O) groups is 2. The minimum absolute atomic E-state index is 0.0738. The number of methoxy groups -OCH3 is 1. The van der Waals surface area contributed by atoms with E-state index in [9.17, 15) is 32.3 Å². The number of alkyl halides is 3. The van der Waals surface area contributed by atoms with E-state index in [1.54, 1.807) is 12.1 Å². The van der Waals surface area contributed by atoms with E-state index in [0.29, 0.717) is 11.3 Å². The lowest BCUT2D eigenvalue weighted by molar-refractivity contribution is -0.274. The van der Waals surface area contributed by atoms with E-state index < -0.39 is 41.4 Å². The van der Waals surface area contributed by atoms with Crippen LogP contribution in [0.4, 0.5) is 23.2 Å². The second-order valence-electron chi connectivity index (χ2n) is 7.49. The maximum Gasteiger partial charge on any atom is 0.573 e. The molecule has 1 fully saturated rings. The van der Waals surface area contributed by atoms with Gasteiger partial charge in [-0.15, -0.1) is 13.2 Å². The van der Waals surface area contributed by atoms with Crippen LogP contribution in [0.25, 0.3) is 5.76 Å². The van der Waals surface area contributed by atoms with Crippen LogP contribution in [0.2, 0.25) is 0 Å². The van der Waals surface area contributed by atoms with Gasteiger partial charge in [-0.25, -0.2) is 4.39 Å². The lowest BCUT2D eigenvalue weighted by Crippen LogP contribution is -2.29. The molecule has 1 amide bonds. The molecule has 1 unspecified atom stereocenters. The highest BCUT2D eigenvalue weighted by molar-refractivity contribution is 6.51. The maximum atomic E-state index is 13.6. The van der Waals surface area contributed by atoms with Crippen molar-refractivity contribution in [2.45, 2.75) is 12.4 Å². The van der Waals surface area contributed by atoms with Crippen LogP contribution in [-0.2, 0) is 9.59 Å². The van der Waals surface area contributed by atoms with Crippen molar-refractivity contribution in [3.05, 3.63) is 95.3 Å². The predicted octanol–water partition coefficient (Wildman–Crippen LogP) is 5.36. The van der Waals surface area contributed by atoms with Gasteiger partial charge in [-0.2, -0.15) is 0 Å². The number of amides is 1. The third kappa shape index (κ3) is 4.81. The molecule has 0 saturated carbocycles. The Bertz CT molecular complexity index is 1280. The SMILES string of the molecule is COc1ccc(C(O)=C2C(=O)C(=O)N(c3ccc(OC(F)(F)F)cc3)C2c2ccc(F)cc2)cc1. The molecule has 1 N–H and O–H groups in total. The van der Waals surface area contributed by atoms with Crippen molar-refractivity contribution in [2.75, 3.05) is 12.0 Å². The van der Waals surface area contributed by atoms with Gasteiger partial charge < -0.3 is 14.6 Å². The van der Waals surface area contributed by atoms with Crippen molar-refractivity contribution in [2.24, 2.45) is 0 Å². The van der Waals surface area contributed by atoms with Crippen molar-refractivity contribution in [3.8, 4) is 11.5 Å². The normalized spacial score (nSPS) is 17.5. The number of aliphatic hydroxyl groups excluding tert-OH is 1. The van der Waals surface area contributed by atoms with Gasteiger partial charge in [-0.1, -0.05) is 12.1 Å². The summed E-state index contributed by atoms with van der Waals surface area (Å²) in [7, 11) is 1.46. The summed E-state index contributed by atoms with van der Waals surface area (Å²) in [5.41, 5.74) is 0.341. The van der Waals surface area contributed by atoms with Crippen molar-refractivity contribution in [1.82, 2.24) is 0 Å². The number of rotatable bonds is 5. The number of nitrogens with zero attached hydrogens (tertiary/aromatic N) is 1. The summed E-state index contributed by atoms with van der Waals surface area (Å²) < 4.78 is 60.1. The van der Waals surface area contributed by atoms with Crippen LogP contribution < -0.4 is 14.4 Å². The first-order valence-corrected chi connectivity index (χ1v) is 10.2. The molecule has 180 valence electrons. The van der Waals surface area contributed by atoms with Gasteiger partial charge in [0, 0.05) is 11.3 Å². The topological polar surface area (TPSA) is 76.1 Å². The molecule has 3 aromatic carbocycles. The zero-order valence-electron chi connectivity index (χ0n) is 18.0. The van der Waals surface area contributed by atoms with Crippen molar-refractivity contribution >= 4 is 23.1 Å². The Hall–Kier alpha value is -4.34. The lowest BCUT2D eigenvalue weighted by Gasteiger charge is -2.25. The standard InChI is InChI=1S/C25H17F4NO5/c1-34-18-10-4-15(5-11-18)22(31)20-21(14-2-6-16(26)7-3-14)30(24(33)23(20)32)17-8-12-19(13-9-17)35-25(27,28)29/h2-13,21,31H,1H3. The summed E-state index contributed by atoms with van der Waals surface area (Å²) in [6, 6.07) is 14.2. The Kier molecular flexibility index (Phi) is 6.21. The molecule has 0 spiro atoms. The average Bonchev–Trinajstić information content (AvgIpc) is 3.09. The molecule has 0 aliphatic carbocycles. The number of Topliss-reactive ketones (excluding diaryl/α,β-unsaturated/α-hetero) is 1. The molecule has 1 aliphatic rings. The number of benzene rings is 3. The molecule has 0 bridgehead atoms. The fraction of sp³-hybridized carbons (Fsp3) is 0.120. The molecule has 0 aromatic heterocycles. The number of ketones is 1. The third-order valence-electron chi connectivity index (χ3n) is 5.34. The Morgan fingerprint density at radius 2 is 1.46 bits per heavy atom. The molecule has 6 nitrogen and oxygen atoms in total. The second-order valence-corrected chi connectivity index (χ2v) is 7.49. The van der Waals surface area contributed by atoms with Crippen LogP contribution in [0.1, 0.15) is 17.2 Å². The zero-order valence-corrected chi connectivity index (χ0v) is 18.0. The summed E-state index contributed by atoms with van der Waals surface area (Å²) in [5.74, 6) is -3.08. The number of aliphatic hydroxyl groups is 1. The van der Waals surface area contributed by atoms with E-state index in [1.807, 2.05) is 0 Å². The van der Waals surface area contributed by atoms with E-state index in [-0.39, 0.29) is 16.8 Å². The highest BCUT2D eigenvalue weighted by Crippen LogP contribution is 2.42. The fourth-order valence-corrected chi connectivity index (χ4v) is 3.77. The summed E-state index contributed by atoms with van der Waals surface area (Å²) >= 11 is 0. The van der Waals surface area contributed by atoms with E-state index in [4.69, 9.17) is 4.74 Å². The van der Waals surface area contributed by atoms with Gasteiger partial charge in [0.2, 0.25) is 0 Å². The molecule has 35 heavy (non-hydrogen) atoms. The van der Waals surface area contributed by atoms with Gasteiger partial charge in [0.05, 0.1) is 18.7 Å². The molecule has 3 aromatic rings. The molecule has 1 saturated heterocycles. The van der Waals surface area contributed by atoms with E-state index in [1.165, 1.54) is 43.5 Å². The van der Waals surface area contributed by atoms with E-state index in [0.717, 1.165) is 29.2 Å². The zero-order chi connectivity index (χ0) is 25.3. The van der Waals surface area contributed by atoms with Gasteiger partial charge in [0.25, 0.3) is 11.7 Å². The highest BCUT2D eigenvalue weighted by atomic mass is 19.4. The smallest absolute Gasteiger partial charge is 0.507 e. The van der Waals surface area contributed by atoms with Gasteiger partial charge in [-0.05, 0) is 66.2 Å². The van der Waals surface area contributed by atoms with Crippen molar-refractivity contribution < 1.29 is 41.7 Å². The van der Waals surface area contributed by atoms with Gasteiger partial charge in [-0.3, -0.25) is 14.5 Å². The Morgan fingerprint density at radius 3 is 2.00 bits per heavy atom. The minimum atomic E-state index is -4.91. The summed E-state index contributed by atoms with van der Waals surface area (Å²) in [5, 5.41) is 11.0. The summed E-state index contributed by atoms with van der Waals surface area (Å²) in [6.45, 7) is 0. The number of ether oxygens (including phenoxy) is 2. The summed E-state index contributed by atoms with van der Waals surface area (Å²) in [4.78, 5) is 27.1. The molecule has 1 aliphatic heterocycles. The van der Waals surface area contributed by atoms with E-state index in [2.05, 4.69) is 4.74 Å². The van der Waals surface area contributed by atoms with Crippen LogP contribution in [0.3, 0.4) is 0 Å². The first kappa shape index (κ1) is 23.8. The fourth-order valence-electron chi connectivity index (χ4n) is 3.77. The van der Waals surface area contributed by atoms with E-state index >= 15 is 0 Å². The molecule has 4 rings (SSSR count). The largest absolute Gasteiger partial charge is 0.573 e. The number of hydrogen-bond acceptors (Lipinski definition) is 5. The van der Waals surface area contributed by atoms with Gasteiger partial charge in [0.15, 0.2) is 0 Å². The van der Waals surface area contributed by atoms with Crippen LogP contribution in [0.5, 0.6) is 11.5 Å². The Labute approximate surface area is 196 Å². The molecular formula is C25H17F4NO5. The molecule has 10 heteroatoms. The summed E-state index contributed by atoms with van der Waals surface area (Å²) in [6.07, 6.45) is -4.91. The molecule has 1 heterocycles. The quantitative estimate of drug-likeness (QED) is 0.227. The lowest BCUT2D eigenvalue weighted by atomic mass is 9.95. The predicted molar refractivity (Wildman–Crippen MR) is 117 cm³/mol. The third-order valence-corrected chi connectivity index (χ3v) is 5.34. The molecular weight excluding hydrogens is 470 g/mol. The number of carbonyl (C=O) groups excluding carboxylic acids is 2. The Morgan fingerprint density at radius 1 is 0.886 bits per heavy atom. The second kappa shape index (κ2) is 9.13. The molecule has 0 radical (unpaired) electrons. The van der Waals surface area contributed by atoms with Crippen molar-refractivity contribution in [1.29, 1.82) is 0 Å². The van der Waals surface area contributed by atoms with Gasteiger partial charge >= 0.3 is 6.36 Å². The number of hydrogen-bond donors (Lipinski definition) is 1. The monoisotopic (exact) mass is 487 g/mol. The number of halogens is 4. The average molecular weight is 487 g/mol. The minimum Gasteiger partial charge on any atom is -0.507 e. The van der Waals surface area contributed by atoms with Crippen LogP contribution >= 0.6 is 0 Å². The Balaban J connectivity index is 1.83. The van der Waals surface area contributed by atoms with Crippen LogP contribution in [-0.4, -0.2) is 30.3 Å². The maximum absolute atomic E-state index is 13.6. The van der Waals surface area contributed by atoms with Gasteiger partial charge in [0.1, 0.15) is 23.1 Å². The highest BCUT2D eigenvalue weighted by Gasteiger charge is 2.47. The first-order chi connectivity index (χ1) is 16.6. The van der Waals surface area contributed by atoms with Crippen LogP contribution in [0, 0.1) is 5.82 Å². The van der Waals surface area contributed by atoms with Crippen molar-refractivity contribution in [3.63, 3.8) is 0 Å². The first-order valence-electron chi connectivity index (χ1n) is 10.2.